The molecule has 0 N–H and O–H groups in total. The number of anilines is 3. The number of aromatic nitrogens is 1. The number of hydrogen-bond donors (Lipinski definition) is 0. The number of para-hydroxylation sites is 3. The van der Waals surface area contributed by atoms with Gasteiger partial charge in [-0.15, -0.1) is 34.0 Å². The number of thiophene rings is 3. The molecule has 6 aromatic carbocycles. The molecule has 6 heteroatoms. The van der Waals surface area contributed by atoms with Crippen molar-refractivity contribution in [3.05, 3.63) is 190 Å². The first kappa shape index (κ1) is 30.2. The predicted octanol–water partition coefficient (Wildman–Crippen LogP) is 14.7. The number of rotatable bonds is 3. The molecule has 0 amide bonds. The molecule has 1 aliphatic heterocycles. The molecule has 13 rings (SSSR count). The Kier molecular flexibility index (Phi) is 6.01. The number of benzene rings is 6. The first-order valence-corrected chi connectivity index (χ1v) is 21.1. The molecule has 2 aliphatic rings. The lowest BCUT2D eigenvalue weighted by Gasteiger charge is -2.45. The van der Waals surface area contributed by atoms with Gasteiger partial charge < -0.3 is 13.9 Å². The van der Waals surface area contributed by atoms with Gasteiger partial charge in [-0.3, -0.25) is 0 Å². The van der Waals surface area contributed by atoms with E-state index in [1.165, 1.54) is 81.0 Å². The van der Waals surface area contributed by atoms with Crippen LogP contribution in [0.2, 0.25) is 0 Å². The summed E-state index contributed by atoms with van der Waals surface area (Å²) in [5.41, 5.74) is 14.8. The molecule has 0 fully saturated rings. The standard InChI is InChI=1S/C49H28N2OS3/c1-2-9-30(10-3-1)50-38-13-6-4-11-32(38)33-18-17-31(28-40(33)50)51-39-20-21-43-45(34-12-5-7-14-42(34)52-43)46(39)49(36-22-25-54-47(36)48-37(49)23-26-55-48)35-19-16-29(27-41(35)51)44-15-8-24-53-44/h1-28H. The highest BCUT2D eigenvalue weighted by Crippen LogP contribution is 2.67. The van der Waals surface area contributed by atoms with E-state index < -0.39 is 5.41 Å². The van der Waals surface area contributed by atoms with Gasteiger partial charge in [0.2, 0.25) is 0 Å². The zero-order valence-corrected chi connectivity index (χ0v) is 31.6. The maximum Gasteiger partial charge on any atom is 0.135 e. The Hall–Kier alpha value is -6.18. The second-order valence-corrected chi connectivity index (χ2v) is 17.2. The van der Waals surface area contributed by atoms with E-state index in [1.807, 2.05) is 22.7 Å². The molecule has 258 valence electrons. The monoisotopic (exact) mass is 756 g/mol. The van der Waals surface area contributed by atoms with Crippen molar-refractivity contribution in [2.24, 2.45) is 0 Å². The normalized spacial score (nSPS) is 13.9. The smallest absolute Gasteiger partial charge is 0.135 e. The Balaban J connectivity index is 1.20. The summed E-state index contributed by atoms with van der Waals surface area (Å²) in [6.07, 6.45) is 0. The molecule has 0 saturated heterocycles. The first-order chi connectivity index (χ1) is 27.3. The Morgan fingerprint density at radius 3 is 2.05 bits per heavy atom. The lowest BCUT2D eigenvalue weighted by molar-refractivity contribution is 0.667. The lowest BCUT2D eigenvalue weighted by atomic mass is 9.64. The van der Waals surface area contributed by atoms with Gasteiger partial charge in [0.05, 0.1) is 27.8 Å². The van der Waals surface area contributed by atoms with Gasteiger partial charge in [0.15, 0.2) is 0 Å². The molecule has 55 heavy (non-hydrogen) atoms. The number of nitrogens with zero attached hydrogens (tertiary/aromatic N) is 2. The molecule has 6 heterocycles. The summed E-state index contributed by atoms with van der Waals surface area (Å²) in [5.74, 6) is 0. The zero-order chi connectivity index (χ0) is 35.8. The van der Waals surface area contributed by atoms with E-state index >= 15 is 0 Å². The minimum Gasteiger partial charge on any atom is -0.456 e. The number of fused-ring (bicyclic) bond motifs is 16. The molecule has 3 nitrogen and oxygen atoms in total. The van der Waals surface area contributed by atoms with Crippen LogP contribution in [0.5, 0.6) is 0 Å². The van der Waals surface area contributed by atoms with Crippen molar-refractivity contribution in [1.82, 2.24) is 4.57 Å². The predicted molar refractivity (Wildman–Crippen MR) is 233 cm³/mol. The second kappa shape index (κ2) is 11.0. The van der Waals surface area contributed by atoms with Crippen LogP contribution in [0.15, 0.2) is 172 Å². The van der Waals surface area contributed by atoms with Crippen molar-refractivity contribution in [2.75, 3.05) is 4.90 Å². The summed E-state index contributed by atoms with van der Waals surface area (Å²) in [6, 6.07) is 56.0. The van der Waals surface area contributed by atoms with Gasteiger partial charge in [-0.05, 0) is 111 Å². The van der Waals surface area contributed by atoms with Crippen molar-refractivity contribution in [3.63, 3.8) is 0 Å². The SMILES string of the molecule is c1ccc(-n2c3ccccc3c3ccc(N4c5cc(-c6cccs6)ccc5C5(c6ccsc6-c6sccc65)c5c4ccc4oc6ccccc6c54)cc32)cc1. The molecule has 0 atom stereocenters. The third-order valence-electron chi connectivity index (χ3n) is 11.9. The lowest BCUT2D eigenvalue weighted by Crippen LogP contribution is -2.36. The highest BCUT2D eigenvalue weighted by Gasteiger charge is 2.54. The van der Waals surface area contributed by atoms with Crippen LogP contribution in [0.4, 0.5) is 17.1 Å². The Labute approximate surface area is 328 Å². The molecule has 5 aromatic heterocycles. The van der Waals surface area contributed by atoms with Gasteiger partial charge in [-0.25, -0.2) is 0 Å². The van der Waals surface area contributed by atoms with Gasteiger partial charge >= 0.3 is 0 Å². The van der Waals surface area contributed by atoms with Crippen LogP contribution in [0.3, 0.4) is 0 Å². The van der Waals surface area contributed by atoms with Crippen molar-refractivity contribution < 1.29 is 4.42 Å². The fourth-order valence-electron chi connectivity index (χ4n) is 9.76. The topological polar surface area (TPSA) is 21.3 Å². The van der Waals surface area contributed by atoms with Crippen LogP contribution < -0.4 is 4.90 Å². The van der Waals surface area contributed by atoms with Gasteiger partial charge in [-0.2, -0.15) is 0 Å². The van der Waals surface area contributed by atoms with Gasteiger partial charge in [0.1, 0.15) is 11.2 Å². The highest BCUT2D eigenvalue weighted by atomic mass is 32.1. The third kappa shape index (κ3) is 3.83. The van der Waals surface area contributed by atoms with Crippen molar-refractivity contribution in [1.29, 1.82) is 0 Å². The van der Waals surface area contributed by atoms with E-state index in [0.29, 0.717) is 0 Å². The van der Waals surface area contributed by atoms with E-state index in [9.17, 15) is 0 Å². The van der Waals surface area contributed by atoms with E-state index in [1.54, 1.807) is 11.3 Å². The van der Waals surface area contributed by atoms with Crippen molar-refractivity contribution in [3.8, 4) is 25.9 Å². The molecule has 1 spiro atoms. The van der Waals surface area contributed by atoms with Crippen molar-refractivity contribution >= 4 is 94.8 Å². The van der Waals surface area contributed by atoms with Crippen LogP contribution in [-0.2, 0) is 5.41 Å². The number of hydrogen-bond acceptors (Lipinski definition) is 5. The molecular formula is C49H28N2OS3. The number of furan rings is 1. The van der Waals surface area contributed by atoms with Crippen LogP contribution >= 0.6 is 34.0 Å². The summed E-state index contributed by atoms with van der Waals surface area (Å²) in [5, 5.41) is 11.6. The molecule has 0 radical (unpaired) electrons. The maximum atomic E-state index is 6.70. The molecule has 0 unspecified atom stereocenters. The van der Waals surface area contributed by atoms with Crippen molar-refractivity contribution in [2.45, 2.75) is 5.41 Å². The van der Waals surface area contributed by atoms with Crippen LogP contribution in [0.25, 0.3) is 69.6 Å². The largest absolute Gasteiger partial charge is 0.456 e. The molecule has 0 saturated carbocycles. The first-order valence-electron chi connectivity index (χ1n) is 18.5. The zero-order valence-electron chi connectivity index (χ0n) is 29.2. The maximum absolute atomic E-state index is 6.70. The minimum absolute atomic E-state index is 0.533. The molecule has 11 aromatic rings. The van der Waals surface area contributed by atoms with E-state index in [-0.39, 0.29) is 0 Å². The summed E-state index contributed by atoms with van der Waals surface area (Å²) >= 11 is 5.51. The van der Waals surface area contributed by atoms with Crippen LogP contribution in [0, 0.1) is 0 Å². The Bertz CT molecular complexity index is 3300. The quantitative estimate of drug-likeness (QED) is 0.179. The van der Waals surface area contributed by atoms with Crippen LogP contribution in [-0.4, -0.2) is 4.57 Å². The van der Waals surface area contributed by atoms with Gasteiger partial charge in [0, 0.05) is 53.1 Å². The second-order valence-electron chi connectivity index (χ2n) is 14.4. The van der Waals surface area contributed by atoms with E-state index in [4.69, 9.17) is 4.42 Å². The van der Waals surface area contributed by atoms with Gasteiger partial charge in [0.25, 0.3) is 0 Å². The average Bonchev–Trinajstić information content (AvgIpc) is 4.09. The van der Waals surface area contributed by atoms with Gasteiger partial charge in [-0.1, -0.05) is 78.9 Å². The Morgan fingerprint density at radius 1 is 0.473 bits per heavy atom. The highest BCUT2D eigenvalue weighted by molar-refractivity contribution is 7.21. The Morgan fingerprint density at radius 2 is 1.24 bits per heavy atom. The molecular weight excluding hydrogens is 729 g/mol. The molecule has 1 aliphatic carbocycles. The summed E-state index contributed by atoms with van der Waals surface area (Å²) in [6.45, 7) is 0. The molecule has 0 bridgehead atoms. The minimum atomic E-state index is -0.533. The fraction of sp³-hybridized carbons (Fsp3) is 0.0204. The summed E-state index contributed by atoms with van der Waals surface area (Å²) < 4.78 is 9.12. The average molecular weight is 757 g/mol. The van der Waals surface area contributed by atoms with E-state index in [0.717, 1.165) is 27.9 Å². The van der Waals surface area contributed by atoms with Crippen LogP contribution in [0.1, 0.15) is 22.3 Å². The summed E-state index contributed by atoms with van der Waals surface area (Å²) in [4.78, 5) is 6.54. The third-order valence-corrected chi connectivity index (χ3v) is 14.8. The fourth-order valence-corrected chi connectivity index (χ4v) is 12.6. The van der Waals surface area contributed by atoms with E-state index in [2.05, 4.69) is 177 Å². The summed E-state index contributed by atoms with van der Waals surface area (Å²) in [7, 11) is 0.